The van der Waals surface area contributed by atoms with E-state index in [2.05, 4.69) is 10.6 Å². The molecule has 2 saturated heterocycles. The van der Waals surface area contributed by atoms with E-state index in [9.17, 15) is 14.4 Å². The number of amides is 3. The van der Waals surface area contributed by atoms with Crippen LogP contribution in [-0.4, -0.2) is 55.0 Å². The number of anilines is 1. The van der Waals surface area contributed by atoms with Crippen molar-refractivity contribution in [3.63, 3.8) is 0 Å². The fourth-order valence-electron chi connectivity index (χ4n) is 3.77. The molecule has 0 aliphatic carbocycles. The van der Waals surface area contributed by atoms with Gasteiger partial charge < -0.3 is 20.3 Å². The first-order valence-corrected chi connectivity index (χ1v) is 10.8. The lowest BCUT2D eigenvalue weighted by atomic mass is 9.95. The second-order valence-electron chi connectivity index (χ2n) is 9.26. The maximum atomic E-state index is 13.0. The van der Waals surface area contributed by atoms with Gasteiger partial charge in [-0.3, -0.25) is 14.4 Å². The SMILES string of the molecule is CC(C)(C)C(=O)Nc1cccc(C(=O)N2CCCC(C(=O)NCC3CCCO3)C2)c1. The number of hydrogen-bond acceptors (Lipinski definition) is 4. The molecular formula is C23H33N3O4. The standard InChI is InChI=1S/C23H33N3O4/c1-23(2,3)22(29)25-18-9-4-7-16(13-18)21(28)26-11-5-8-17(15-26)20(27)24-14-19-10-6-12-30-19/h4,7,9,13,17,19H,5-6,8,10-12,14-15H2,1-3H3,(H,24,27)(H,25,29). The number of ether oxygens (including phenoxy) is 1. The first kappa shape index (κ1) is 22.3. The van der Waals surface area contributed by atoms with Crippen molar-refractivity contribution < 1.29 is 19.1 Å². The molecular weight excluding hydrogens is 382 g/mol. The van der Waals surface area contributed by atoms with Crippen molar-refractivity contribution in [1.82, 2.24) is 10.2 Å². The third kappa shape index (κ3) is 5.81. The van der Waals surface area contributed by atoms with Crippen molar-refractivity contribution in [2.24, 2.45) is 11.3 Å². The lowest BCUT2D eigenvalue weighted by molar-refractivity contribution is -0.127. The van der Waals surface area contributed by atoms with Crippen molar-refractivity contribution in [1.29, 1.82) is 0 Å². The van der Waals surface area contributed by atoms with Crippen LogP contribution in [-0.2, 0) is 14.3 Å². The molecule has 0 saturated carbocycles. The number of benzene rings is 1. The highest BCUT2D eigenvalue weighted by Gasteiger charge is 2.30. The molecule has 7 nitrogen and oxygen atoms in total. The predicted molar refractivity (Wildman–Crippen MR) is 115 cm³/mol. The second kappa shape index (κ2) is 9.60. The maximum Gasteiger partial charge on any atom is 0.253 e. The Morgan fingerprint density at radius 1 is 1.17 bits per heavy atom. The zero-order valence-corrected chi connectivity index (χ0v) is 18.2. The lowest BCUT2D eigenvalue weighted by Gasteiger charge is -2.32. The molecule has 2 fully saturated rings. The van der Waals surface area contributed by atoms with Gasteiger partial charge in [0.2, 0.25) is 11.8 Å². The van der Waals surface area contributed by atoms with Gasteiger partial charge in [0.25, 0.3) is 5.91 Å². The minimum Gasteiger partial charge on any atom is -0.376 e. The van der Waals surface area contributed by atoms with E-state index in [0.29, 0.717) is 30.9 Å². The summed E-state index contributed by atoms with van der Waals surface area (Å²) in [6.07, 6.45) is 3.72. The molecule has 2 heterocycles. The molecule has 7 heteroatoms. The third-order valence-electron chi connectivity index (χ3n) is 5.66. The monoisotopic (exact) mass is 415 g/mol. The molecule has 30 heavy (non-hydrogen) atoms. The Kier molecular flexibility index (Phi) is 7.13. The molecule has 1 aromatic carbocycles. The first-order chi connectivity index (χ1) is 14.2. The van der Waals surface area contributed by atoms with Gasteiger partial charge in [-0.1, -0.05) is 26.8 Å². The van der Waals surface area contributed by atoms with E-state index in [0.717, 1.165) is 32.3 Å². The first-order valence-electron chi connectivity index (χ1n) is 10.8. The van der Waals surface area contributed by atoms with E-state index in [1.807, 2.05) is 20.8 Å². The number of piperidine rings is 1. The van der Waals surface area contributed by atoms with Crippen LogP contribution in [0.5, 0.6) is 0 Å². The number of rotatable bonds is 5. The molecule has 3 amide bonds. The molecule has 2 unspecified atom stereocenters. The zero-order valence-electron chi connectivity index (χ0n) is 18.2. The molecule has 0 aromatic heterocycles. The maximum absolute atomic E-state index is 13.0. The highest BCUT2D eigenvalue weighted by atomic mass is 16.5. The van der Waals surface area contributed by atoms with Crippen molar-refractivity contribution in [3.8, 4) is 0 Å². The van der Waals surface area contributed by atoms with Crippen LogP contribution in [0.3, 0.4) is 0 Å². The number of hydrogen-bond donors (Lipinski definition) is 2. The number of carbonyl (C=O) groups excluding carboxylic acids is 3. The summed E-state index contributed by atoms with van der Waals surface area (Å²) in [5, 5.41) is 5.85. The fourth-order valence-corrected chi connectivity index (χ4v) is 3.77. The quantitative estimate of drug-likeness (QED) is 0.774. The third-order valence-corrected chi connectivity index (χ3v) is 5.66. The predicted octanol–water partition coefficient (Wildman–Crippen LogP) is 2.82. The van der Waals surface area contributed by atoms with Crippen molar-refractivity contribution >= 4 is 23.4 Å². The van der Waals surface area contributed by atoms with Gasteiger partial charge >= 0.3 is 0 Å². The van der Waals surface area contributed by atoms with Crippen molar-refractivity contribution in [2.75, 3.05) is 31.6 Å². The Labute approximate surface area is 178 Å². The molecule has 0 radical (unpaired) electrons. The Bertz CT molecular complexity index is 781. The second-order valence-corrected chi connectivity index (χ2v) is 9.26. The number of nitrogens with zero attached hydrogens (tertiary/aromatic N) is 1. The van der Waals surface area contributed by atoms with E-state index in [1.165, 1.54) is 0 Å². The van der Waals surface area contributed by atoms with Crippen LogP contribution in [0.4, 0.5) is 5.69 Å². The summed E-state index contributed by atoms with van der Waals surface area (Å²) in [5.41, 5.74) is 0.600. The molecule has 2 aliphatic rings. The molecule has 2 aliphatic heterocycles. The summed E-state index contributed by atoms with van der Waals surface area (Å²) in [6.45, 7) is 7.88. The molecule has 0 spiro atoms. The Morgan fingerprint density at radius 2 is 1.97 bits per heavy atom. The van der Waals surface area contributed by atoms with Crippen LogP contribution in [0.2, 0.25) is 0 Å². The highest BCUT2D eigenvalue weighted by molar-refractivity contribution is 5.98. The normalized spacial score (nSPS) is 21.9. The minimum atomic E-state index is -0.517. The fraction of sp³-hybridized carbons (Fsp3) is 0.609. The average molecular weight is 416 g/mol. The summed E-state index contributed by atoms with van der Waals surface area (Å²) in [5.74, 6) is -0.423. The number of nitrogens with one attached hydrogen (secondary N) is 2. The summed E-state index contributed by atoms with van der Waals surface area (Å²) >= 11 is 0. The summed E-state index contributed by atoms with van der Waals surface area (Å²) in [6, 6.07) is 6.99. The lowest BCUT2D eigenvalue weighted by Crippen LogP contribution is -2.46. The molecule has 2 N–H and O–H groups in total. The number of likely N-dealkylation sites (tertiary alicyclic amines) is 1. The number of carbonyl (C=O) groups is 3. The van der Waals surface area contributed by atoms with Crippen molar-refractivity contribution in [2.45, 2.75) is 52.6 Å². The van der Waals surface area contributed by atoms with Gasteiger partial charge in [0.15, 0.2) is 0 Å². The van der Waals surface area contributed by atoms with E-state index in [4.69, 9.17) is 4.74 Å². The van der Waals surface area contributed by atoms with Crippen LogP contribution < -0.4 is 10.6 Å². The molecule has 3 rings (SSSR count). The molecule has 1 aromatic rings. The molecule has 2 atom stereocenters. The van der Waals surface area contributed by atoms with E-state index >= 15 is 0 Å². The van der Waals surface area contributed by atoms with Gasteiger partial charge in [-0.2, -0.15) is 0 Å². The summed E-state index contributed by atoms with van der Waals surface area (Å²) < 4.78 is 5.56. The van der Waals surface area contributed by atoms with Crippen LogP contribution in [0.1, 0.15) is 56.8 Å². The smallest absolute Gasteiger partial charge is 0.253 e. The zero-order chi connectivity index (χ0) is 21.7. The minimum absolute atomic E-state index is 0.00538. The van der Waals surface area contributed by atoms with Gasteiger partial charge in [0.1, 0.15) is 0 Å². The van der Waals surface area contributed by atoms with Gasteiger partial charge in [-0.05, 0) is 43.9 Å². The van der Waals surface area contributed by atoms with Crippen molar-refractivity contribution in [3.05, 3.63) is 29.8 Å². The Balaban J connectivity index is 1.58. The largest absolute Gasteiger partial charge is 0.376 e. The van der Waals surface area contributed by atoms with Crippen LogP contribution in [0.25, 0.3) is 0 Å². The van der Waals surface area contributed by atoms with E-state index in [1.54, 1.807) is 29.2 Å². The van der Waals surface area contributed by atoms with E-state index in [-0.39, 0.29) is 29.7 Å². The van der Waals surface area contributed by atoms with Crippen LogP contribution in [0.15, 0.2) is 24.3 Å². The van der Waals surface area contributed by atoms with Gasteiger partial charge in [-0.25, -0.2) is 0 Å². The average Bonchev–Trinajstić information content (AvgIpc) is 3.24. The van der Waals surface area contributed by atoms with Gasteiger partial charge in [0.05, 0.1) is 12.0 Å². The summed E-state index contributed by atoms with van der Waals surface area (Å²) in [7, 11) is 0. The topological polar surface area (TPSA) is 87.7 Å². The van der Waals surface area contributed by atoms with Gasteiger partial charge in [-0.15, -0.1) is 0 Å². The Hall–Kier alpha value is -2.41. The summed E-state index contributed by atoms with van der Waals surface area (Å²) in [4.78, 5) is 39.6. The molecule has 164 valence electrons. The highest BCUT2D eigenvalue weighted by Crippen LogP contribution is 2.22. The molecule has 0 bridgehead atoms. The van der Waals surface area contributed by atoms with Crippen LogP contribution in [0, 0.1) is 11.3 Å². The van der Waals surface area contributed by atoms with Crippen LogP contribution >= 0.6 is 0 Å². The van der Waals surface area contributed by atoms with Gasteiger partial charge in [0, 0.05) is 42.9 Å². The Morgan fingerprint density at radius 3 is 2.67 bits per heavy atom. The van der Waals surface area contributed by atoms with E-state index < -0.39 is 5.41 Å².